The van der Waals surface area contributed by atoms with Crippen molar-refractivity contribution in [3.05, 3.63) is 45.5 Å². The molecule has 0 unspecified atom stereocenters. The molecule has 172 valence electrons. The van der Waals surface area contributed by atoms with Gasteiger partial charge in [0.05, 0.1) is 11.3 Å². The summed E-state index contributed by atoms with van der Waals surface area (Å²) in [4.78, 5) is 34.9. The van der Waals surface area contributed by atoms with E-state index in [0.717, 1.165) is 74.5 Å². The van der Waals surface area contributed by atoms with Crippen LogP contribution in [0.4, 0.5) is 0 Å². The summed E-state index contributed by atoms with van der Waals surface area (Å²) in [5.41, 5.74) is 3.68. The minimum absolute atomic E-state index is 0.0443. The predicted octanol–water partition coefficient (Wildman–Crippen LogP) is 3.10. The molecule has 3 aliphatic rings. The number of rotatable bonds is 4. The lowest BCUT2D eigenvalue weighted by Crippen LogP contribution is -2.40. The van der Waals surface area contributed by atoms with E-state index < -0.39 is 0 Å². The van der Waals surface area contributed by atoms with Crippen molar-refractivity contribution < 1.29 is 4.79 Å². The van der Waals surface area contributed by atoms with E-state index in [1.165, 1.54) is 12.8 Å². The molecule has 0 bridgehead atoms. The number of allylic oxidation sites excluding steroid dienone is 2. The number of piperidine rings is 1. The Kier molecular flexibility index (Phi) is 5.93. The maximum atomic E-state index is 13.3. The van der Waals surface area contributed by atoms with Crippen molar-refractivity contribution >= 4 is 11.6 Å². The first kappa shape index (κ1) is 21.4. The highest BCUT2D eigenvalue weighted by atomic mass is 16.2. The average molecular weight is 438 g/mol. The van der Waals surface area contributed by atoms with Gasteiger partial charge < -0.3 is 4.90 Å². The van der Waals surface area contributed by atoms with Crippen LogP contribution in [0.3, 0.4) is 0 Å². The van der Waals surface area contributed by atoms with E-state index in [9.17, 15) is 9.59 Å². The van der Waals surface area contributed by atoms with E-state index in [1.807, 2.05) is 24.8 Å². The molecule has 5 rings (SSSR count). The van der Waals surface area contributed by atoms with Crippen LogP contribution < -0.4 is 5.56 Å². The van der Waals surface area contributed by atoms with Gasteiger partial charge in [0, 0.05) is 62.7 Å². The molecule has 0 radical (unpaired) electrons. The lowest BCUT2D eigenvalue weighted by molar-refractivity contribution is -0.135. The number of hydrogen-bond acceptors (Lipinski definition) is 4. The number of fused-ring (bicyclic) bond motifs is 2. The van der Waals surface area contributed by atoms with Gasteiger partial charge in [0.15, 0.2) is 5.65 Å². The number of likely N-dealkylation sites (tertiary alicyclic amines) is 1. The Morgan fingerprint density at radius 2 is 2.00 bits per heavy atom. The second-order valence-electron chi connectivity index (χ2n) is 10.1. The van der Waals surface area contributed by atoms with Crippen molar-refractivity contribution in [2.75, 3.05) is 26.2 Å². The van der Waals surface area contributed by atoms with E-state index >= 15 is 0 Å². The molecule has 1 fully saturated rings. The molecule has 2 aliphatic heterocycles. The quantitative estimate of drug-likeness (QED) is 0.746. The Bertz CT molecular complexity index is 1070. The number of carbonyl (C=O) groups is 1. The number of aromatic nitrogens is 3. The third-order valence-electron chi connectivity index (χ3n) is 7.49. The summed E-state index contributed by atoms with van der Waals surface area (Å²) < 4.78 is 1.65. The van der Waals surface area contributed by atoms with Gasteiger partial charge in [-0.1, -0.05) is 26.0 Å². The third kappa shape index (κ3) is 4.15. The summed E-state index contributed by atoms with van der Waals surface area (Å²) in [5.74, 6) is 1.31. The van der Waals surface area contributed by atoms with Gasteiger partial charge in [0.2, 0.25) is 5.91 Å². The van der Waals surface area contributed by atoms with E-state index in [-0.39, 0.29) is 17.4 Å². The van der Waals surface area contributed by atoms with Crippen LogP contribution >= 0.6 is 0 Å². The molecule has 0 saturated carbocycles. The van der Waals surface area contributed by atoms with Gasteiger partial charge in [-0.2, -0.15) is 0 Å². The molecule has 1 aliphatic carbocycles. The molecule has 0 spiro atoms. The molecular formula is C25H35N5O2. The molecule has 1 N–H and O–H groups in total. The fourth-order valence-electron chi connectivity index (χ4n) is 5.58. The number of nitrogens with one attached hydrogen (secondary N) is 1. The number of hydrogen-bond donors (Lipinski definition) is 1. The van der Waals surface area contributed by atoms with Crippen molar-refractivity contribution in [2.24, 2.45) is 11.8 Å². The van der Waals surface area contributed by atoms with Crippen LogP contribution in [0.25, 0.3) is 5.65 Å². The summed E-state index contributed by atoms with van der Waals surface area (Å²) in [6, 6.07) is 2.05. The van der Waals surface area contributed by atoms with Gasteiger partial charge in [-0.15, -0.1) is 0 Å². The Morgan fingerprint density at radius 1 is 1.19 bits per heavy atom. The van der Waals surface area contributed by atoms with Crippen molar-refractivity contribution in [1.29, 1.82) is 0 Å². The number of H-pyrrole nitrogens is 1. The molecule has 0 aromatic carbocycles. The highest BCUT2D eigenvalue weighted by Crippen LogP contribution is 2.29. The summed E-state index contributed by atoms with van der Waals surface area (Å²) in [7, 11) is 0. The smallest absolute Gasteiger partial charge is 0.277 e. The molecule has 4 heterocycles. The predicted molar refractivity (Wildman–Crippen MR) is 125 cm³/mol. The molecule has 7 heteroatoms. The monoisotopic (exact) mass is 437 g/mol. The highest BCUT2D eigenvalue weighted by molar-refractivity contribution is 5.78. The van der Waals surface area contributed by atoms with E-state index in [1.54, 1.807) is 4.52 Å². The van der Waals surface area contributed by atoms with Crippen molar-refractivity contribution in [3.63, 3.8) is 0 Å². The zero-order chi connectivity index (χ0) is 22.2. The lowest BCUT2D eigenvalue weighted by Gasteiger charge is -2.32. The van der Waals surface area contributed by atoms with E-state index in [2.05, 4.69) is 22.2 Å². The van der Waals surface area contributed by atoms with Crippen molar-refractivity contribution in [3.8, 4) is 0 Å². The van der Waals surface area contributed by atoms with Crippen LogP contribution in [0.15, 0.2) is 23.0 Å². The Labute approximate surface area is 189 Å². The number of amides is 1. The maximum Gasteiger partial charge on any atom is 0.277 e. The lowest BCUT2D eigenvalue weighted by atomic mass is 9.93. The highest BCUT2D eigenvalue weighted by Gasteiger charge is 2.28. The Hall–Kier alpha value is -2.41. The van der Waals surface area contributed by atoms with Crippen LogP contribution in [-0.4, -0.2) is 56.5 Å². The number of aromatic amines is 1. The first-order chi connectivity index (χ1) is 15.5. The van der Waals surface area contributed by atoms with Crippen LogP contribution in [0, 0.1) is 11.8 Å². The molecule has 2 aromatic rings. The zero-order valence-corrected chi connectivity index (χ0v) is 19.3. The van der Waals surface area contributed by atoms with E-state index in [4.69, 9.17) is 4.98 Å². The van der Waals surface area contributed by atoms with Gasteiger partial charge in [-0.05, 0) is 38.0 Å². The average Bonchev–Trinajstić information content (AvgIpc) is 3.24. The van der Waals surface area contributed by atoms with Gasteiger partial charge in [-0.25, -0.2) is 9.50 Å². The summed E-state index contributed by atoms with van der Waals surface area (Å²) in [6.45, 7) is 8.22. The fourth-order valence-corrected chi connectivity index (χ4v) is 5.58. The largest absolute Gasteiger partial charge is 0.342 e. The maximum absolute atomic E-state index is 13.3. The number of nitrogens with zero attached hydrogens (tertiary/aromatic N) is 4. The second kappa shape index (κ2) is 8.85. The SMILES string of the molecule is CC(C)C(=O)N1CCC(c2cc3nc4c(c(=O)n3[nH]2)CN(C[C@H]2CC=CCC2)CC4)CC1. The summed E-state index contributed by atoms with van der Waals surface area (Å²) in [5, 5.41) is 3.36. The van der Waals surface area contributed by atoms with E-state index in [0.29, 0.717) is 18.4 Å². The second-order valence-corrected chi connectivity index (χ2v) is 10.1. The van der Waals surface area contributed by atoms with Crippen molar-refractivity contribution in [2.45, 2.75) is 64.8 Å². The zero-order valence-electron chi connectivity index (χ0n) is 19.3. The van der Waals surface area contributed by atoms with Crippen LogP contribution in [0.2, 0.25) is 0 Å². The molecule has 1 saturated heterocycles. The van der Waals surface area contributed by atoms with Crippen LogP contribution in [0.5, 0.6) is 0 Å². The molecule has 32 heavy (non-hydrogen) atoms. The van der Waals surface area contributed by atoms with Crippen LogP contribution in [0.1, 0.15) is 68.8 Å². The molecule has 1 atom stereocenters. The van der Waals surface area contributed by atoms with Gasteiger partial charge in [0.25, 0.3) is 5.56 Å². The minimum Gasteiger partial charge on any atom is -0.342 e. The molecule has 1 amide bonds. The fraction of sp³-hybridized carbons (Fsp3) is 0.640. The molecular weight excluding hydrogens is 402 g/mol. The molecule has 7 nitrogen and oxygen atoms in total. The van der Waals surface area contributed by atoms with Gasteiger partial charge >= 0.3 is 0 Å². The summed E-state index contributed by atoms with van der Waals surface area (Å²) >= 11 is 0. The van der Waals surface area contributed by atoms with Crippen molar-refractivity contribution in [1.82, 2.24) is 24.4 Å². The van der Waals surface area contributed by atoms with Gasteiger partial charge in [-0.3, -0.25) is 19.6 Å². The normalized spacial score (nSPS) is 22.6. The number of carbonyl (C=O) groups excluding carboxylic acids is 1. The first-order valence-electron chi connectivity index (χ1n) is 12.3. The van der Waals surface area contributed by atoms with Gasteiger partial charge in [0.1, 0.15) is 0 Å². The van der Waals surface area contributed by atoms with Crippen LogP contribution in [-0.2, 0) is 17.8 Å². The first-order valence-corrected chi connectivity index (χ1v) is 12.3. The third-order valence-corrected chi connectivity index (χ3v) is 7.49. The topological polar surface area (TPSA) is 73.7 Å². The Morgan fingerprint density at radius 3 is 2.72 bits per heavy atom. The molecule has 2 aromatic heterocycles. The standard InChI is InChI=1S/C25H35N5O2/c1-17(2)24(31)29-12-8-19(9-13-29)22-14-23-26-21-10-11-28(15-18-6-4-3-5-7-18)16-20(21)25(32)30(23)27-22/h3-4,14,17-19,27H,5-13,15-16H2,1-2H3/t18-/m0/s1. The minimum atomic E-state index is 0.0443. The Balaban J connectivity index is 1.31. The summed E-state index contributed by atoms with van der Waals surface area (Å²) in [6.07, 6.45) is 10.8.